The summed E-state index contributed by atoms with van der Waals surface area (Å²) in [6.45, 7) is 2.46. The second kappa shape index (κ2) is 5.36. The average molecular weight is 242 g/mol. The second-order valence-electron chi connectivity index (χ2n) is 4.10. The Hall–Kier alpha value is -2.29. The third-order valence-electron chi connectivity index (χ3n) is 2.63. The van der Waals surface area contributed by atoms with Crippen molar-refractivity contribution in [1.29, 1.82) is 0 Å². The number of benzene rings is 2. The first kappa shape index (κ1) is 12.2. The molecule has 0 saturated heterocycles. The van der Waals surface area contributed by atoms with E-state index in [1.807, 2.05) is 31.2 Å². The SMILES string of the molecule is Cc1ccc(OCc2ccc(C(=O)O)cc2)cc1. The summed E-state index contributed by atoms with van der Waals surface area (Å²) in [6, 6.07) is 14.5. The van der Waals surface area contributed by atoms with Gasteiger partial charge in [0.1, 0.15) is 12.4 Å². The molecule has 0 saturated carbocycles. The molecule has 0 aliphatic carbocycles. The Morgan fingerprint density at radius 3 is 2.22 bits per heavy atom. The maximum atomic E-state index is 10.7. The van der Waals surface area contributed by atoms with Crippen LogP contribution in [0.15, 0.2) is 48.5 Å². The van der Waals surface area contributed by atoms with E-state index in [9.17, 15) is 4.79 Å². The quantitative estimate of drug-likeness (QED) is 0.895. The van der Waals surface area contributed by atoms with Gasteiger partial charge >= 0.3 is 5.97 Å². The molecule has 0 spiro atoms. The number of rotatable bonds is 4. The van der Waals surface area contributed by atoms with E-state index >= 15 is 0 Å². The van der Waals surface area contributed by atoms with E-state index in [0.29, 0.717) is 6.61 Å². The van der Waals surface area contributed by atoms with Crippen molar-refractivity contribution in [3.05, 3.63) is 65.2 Å². The lowest BCUT2D eigenvalue weighted by molar-refractivity contribution is 0.0697. The van der Waals surface area contributed by atoms with Crippen molar-refractivity contribution in [2.24, 2.45) is 0 Å². The standard InChI is InChI=1S/C15H14O3/c1-11-2-8-14(9-3-11)18-10-12-4-6-13(7-5-12)15(16)17/h2-9H,10H2,1H3,(H,16,17). The molecule has 0 atom stereocenters. The molecule has 2 aromatic rings. The number of carboxylic acid groups (broad SMARTS) is 1. The molecule has 0 fully saturated rings. The third-order valence-corrected chi connectivity index (χ3v) is 2.63. The number of carboxylic acids is 1. The number of ether oxygens (including phenoxy) is 1. The summed E-state index contributed by atoms with van der Waals surface area (Å²) >= 11 is 0. The predicted molar refractivity (Wildman–Crippen MR) is 68.9 cm³/mol. The number of hydrogen-bond acceptors (Lipinski definition) is 2. The van der Waals surface area contributed by atoms with Gasteiger partial charge in [0.2, 0.25) is 0 Å². The Labute approximate surface area is 106 Å². The van der Waals surface area contributed by atoms with Crippen LogP contribution in [0.25, 0.3) is 0 Å². The first-order valence-corrected chi connectivity index (χ1v) is 5.67. The summed E-state index contributed by atoms with van der Waals surface area (Å²) in [7, 11) is 0. The van der Waals surface area contributed by atoms with E-state index in [2.05, 4.69) is 0 Å². The third kappa shape index (κ3) is 3.10. The van der Waals surface area contributed by atoms with Crippen molar-refractivity contribution in [1.82, 2.24) is 0 Å². The van der Waals surface area contributed by atoms with Gasteiger partial charge in [-0.05, 0) is 36.8 Å². The lowest BCUT2D eigenvalue weighted by Gasteiger charge is -2.06. The predicted octanol–water partition coefficient (Wildman–Crippen LogP) is 3.27. The molecule has 18 heavy (non-hydrogen) atoms. The summed E-state index contributed by atoms with van der Waals surface area (Å²) in [6.07, 6.45) is 0. The molecule has 0 aliphatic heterocycles. The largest absolute Gasteiger partial charge is 0.489 e. The maximum Gasteiger partial charge on any atom is 0.335 e. The van der Waals surface area contributed by atoms with Crippen LogP contribution in [0, 0.1) is 6.92 Å². The van der Waals surface area contributed by atoms with Crippen LogP contribution in [-0.4, -0.2) is 11.1 Å². The number of aryl methyl sites for hydroxylation is 1. The van der Waals surface area contributed by atoms with E-state index in [1.54, 1.807) is 24.3 Å². The van der Waals surface area contributed by atoms with E-state index < -0.39 is 5.97 Å². The van der Waals surface area contributed by atoms with Crippen LogP contribution >= 0.6 is 0 Å². The second-order valence-corrected chi connectivity index (χ2v) is 4.10. The van der Waals surface area contributed by atoms with Gasteiger partial charge in [-0.25, -0.2) is 4.79 Å². The maximum absolute atomic E-state index is 10.7. The molecule has 1 N–H and O–H groups in total. The van der Waals surface area contributed by atoms with Crippen LogP contribution in [-0.2, 0) is 6.61 Å². The zero-order valence-corrected chi connectivity index (χ0v) is 10.1. The minimum atomic E-state index is -0.916. The summed E-state index contributed by atoms with van der Waals surface area (Å²) in [5.74, 6) is -0.107. The minimum absolute atomic E-state index is 0.286. The molecule has 92 valence electrons. The lowest BCUT2D eigenvalue weighted by Crippen LogP contribution is -1.98. The van der Waals surface area contributed by atoms with Crippen molar-refractivity contribution in [2.45, 2.75) is 13.5 Å². The molecule has 2 rings (SSSR count). The van der Waals surface area contributed by atoms with Gasteiger partial charge in [-0.15, -0.1) is 0 Å². The molecule has 2 aromatic carbocycles. The smallest absolute Gasteiger partial charge is 0.335 e. The average Bonchev–Trinajstić information content (AvgIpc) is 2.38. The van der Waals surface area contributed by atoms with Crippen molar-refractivity contribution < 1.29 is 14.6 Å². The van der Waals surface area contributed by atoms with Gasteiger partial charge in [-0.2, -0.15) is 0 Å². The van der Waals surface area contributed by atoms with Crippen LogP contribution in [0.3, 0.4) is 0 Å². The van der Waals surface area contributed by atoms with Gasteiger partial charge in [0, 0.05) is 0 Å². The monoisotopic (exact) mass is 242 g/mol. The fourth-order valence-corrected chi connectivity index (χ4v) is 1.54. The highest BCUT2D eigenvalue weighted by atomic mass is 16.5. The van der Waals surface area contributed by atoms with Gasteiger partial charge in [-0.3, -0.25) is 0 Å². The topological polar surface area (TPSA) is 46.5 Å². The lowest BCUT2D eigenvalue weighted by atomic mass is 10.1. The van der Waals surface area contributed by atoms with E-state index in [4.69, 9.17) is 9.84 Å². The number of aromatic carboxylic acids is 1. The first-order chi connectivity index (χ1) is 8.65. The van der Waals surface area contributed by atoms with Crippen LogP contribution in [0.1, 0.15) is 21.5 Å². The molecule has 3 heteroatoms. The number of hydrogen-bond donors (Lipinski definition) is 1. The van der Waals surface area contributed by atoms with E-state index in [-0.39, 0.29) is 5.56 Å². The molecule has 0 radical (unpaired) electrons. The van der Waals surface area contributed by atoms with E-state index in [0.717, 1.165) is 11.3 Å². The van der Waals surface area contributed by atoms with Gasteiger partial charge in [-0.1, -0.05) is 29.8 Å². The normalized spacial score (nSPS) is 10.1. The fourth-order valence-electron chi connectivity index (χ4n) is 1.54. The molecule has 0 unspecified atom stereocenters. The Morgan fingerprint density at radius 1 is 1.06 bits per heavy atom. The van der Waals surface area contributed by atoms with Crippen molar-refractivity contribution in [3.63, 3.8) is 0 Å². The zero-order valence-electron chi connectivity index (χ0n) is 10.1. The Bertz CT molecular complexity index is 527. The van der Waals surface area contributed by atoms with Crippen LogP contribution in [0.5, 0.6) is 5.75 Å². The highest BCUT2D eigenvalue weighted by molar-refractivity contribution is 5.87. The zero-order chi connectivity index (χ0) is 13.0. The van der Waals surface area contributed by atoms with Crippen LogP contribution in [0.2, 0.25) is 0 Å². The summed E-state index contributed by atoms with van der Waals surface area (Å²) in [5.41, 5.74) is 2.42. The van der Waals surface area contributed by atoms with Gasteiger partial charge in [0.25, 0.3) is 0 Å². The number of carbonyl (C=O) groups is 1. The molecule has 0 aromatic heterocycles. The minimum Gasteiger partial charge on any atom is -0.489 e. The molecular formula is C15H14O3. The molecule has 0 bridgehead atoms. The van der Waals surface area contributed by atoms with Crippen molar-refractivity contribution in [3.8, 4) is 5.75 Å². The van der Waals surface area contributed by atoms with Crippen LogP contribution in [0.4, 0.5) is 0 Å². The van der Waals surface area contributed by atoms with Crippen molar-refractivity contribution >= 4 is 5.97 Å². The molecule has 0 heterocycles. The Balaban J connectivity index is 1.97. The molecule has 0 amide bonds. The summed E-state index contributed by atoms with van der Waals surface area (Å²) < 4.78 is 5.60. The van der Waals surface area contributed by atoms with Gasteiger partial charge in [0.05, 0.1) is 5.56 Å². The first-order valence-electron chi connectivity index (χ1n) is 5.67. The summed E-state index contributed by atoms with van der Waals surface area (Å²) in [4.78, 5) is 10.7. The summed E-state index contributed by atoms with van der Waals surface area (Å²) in [5, 5.41) is 8.78. The Morgan fingerprint density at radius 2 is 1.67 bits per heavy atom. The van der Waals surface area contributed by atoms with Gasteiger partial charge < -0.3 is 9.84 Å². The highest BCUT2D eigenvalue weighted by Crippen LogP contribution is 2.14. The molecular weight excluding hydrogens is 228 g/mol. The van der Waals surface area contributed by atoms with E-state index in [1.165, 1.54) is 5.56 Å². The molecule has 3 nitrogen and oxygen atoms in total. The van der Waals surface area contributed by atoms with Crippen molar-refractivity contribution in [2.75, 3.05) is 0 Å². The van der Waals surface area contributed by atoms with Gasteiger partial charge in [0.15, 0.2) is 0 Å². The highest BCUT2D eigenvalue weighted by Gasteiger charge is 2.02. The van der Waals surface area contributed by atoms with Crippen LogP contribution < -0.4 is 4.74 Å². The fraction of sp³-hybridized carbons (Fsp3) is 0.133. The molecule has 0 aliphatic rings. The Kier molecular flexibility index (Phi) is 3.63.